The van der Waals surface area contributed by atoms with Crippen LogP contribution in [0.5, 0.6) is 0 Å². The van der Waals surface area contributed by atoms with E-state index in [1.54, 1.807) is 0 Å². The monoisotopic (exact) mass is 301 g/mol. The molecule has 1 aromatic rings. The van der Waals surface area contributed by atoms with Crippen LogP contribution in [0.15, 0.2) is 18.3 Å². The van der Waals surface area contributed by atoms with E-state index in [-0.39, 0.29) is 12.2 Å². The van der Waals surface area contributed by atoms with Crippen LogP contribution in [0.1, 0.15) is 10.5 Å². The minimum Gasteiger partial charge on any atom is -0.480 e. The molecule has 0 aromatic carbocycles. The summed E-state index contributed by atoms with van der Waals surface area (Å²) in [4.78, 5) is 35.7. The molecule has 0 radical (unpaired) electrons. The van der Waals surface area contributed by atoms with Gasteiger partial charge in [-0.05, 0) is 12.1 Å². The maximum Gasteiger partial charge on any atom is 0.328 e. The number of hydrogen-bond donors (Lipinski definition) is 2. The summed E-state index contributed by atoms with van der Waals surface area (Å²) >= 11 is 0. The molecule has 2 rings (SSSR count). The number of rotatable bonds is 4. The first-order chi connectivity index (χ1) is 9.90. The molecule has 1 unspecified atom stereocenters. The molecule has 21 heavy (non-hydrogen) atoms. The number of nitrogens with zero attached hydrogens (tertiary/aromatic N) is 2. The number of aromatic nitrogens is 1. The lowest BCUT2D eigenvalue weighted by Gasteiger charge is -2.32. The van der Waals surface area contributed by atoms with Crippen LogP contribution in [0.2, 0.25) is 0 Å². The third-order valence-corrected chi connectivity index (χ3v) is 3.11. The quantitative estimate of drug-likeness (QED) is 0.804. The van der Waals surface area contributed by atoms with E-state index in [0.29, 0.717) is 0 Å². The van der Waals surface area contributed by atoms with Crippen molar-refractivity contribution >= 4 is 17.8 Å². The van der Waals surface area contributed by atoms with Gasteiger partial charge in [0.05, 0.1) is 6.54 Å². The lowest BCUT2D eigenvalue weighted by Crippen LogP contribution is -2.59. The Balaban J connectivity index is 2.26. The van der Waals surface area contributed by atoms with Gasteiger partial charge < -0.3 is 19.9 Å². The highest BCUT2D eigenvalue weighted by molar-refractivity contribution is 5.99. The molecule has 2 amide bonds. The number of piperazine rings is 1. The molecule has 0 saturated carbocycles. The molecule has 1 fully saturated rings. The Kier molecular flexibility index (Phi) is 4.20. The van der Waals surface area contributed by atoms with Crippen molar-refractivity contribution in [2.75, 3.05) is 13.1 Å². The molecule has 0 bridgehead atoms. The third-order valence-electron chi connectivity index (χ3n) is 3.11. The molecular formula is C12H13F2N3O4. The van der Waals surface area contributed by atoms with Crippen LogP contribution < -0.4 is 5.32 Å². The van der Waals surface area contributed by atoms with E-state index < -0.39 is 43.3 Å². The predicted octanol–water partition coefficient (Wildman–Crippen LogP) is -0.222. The van der Waals surface area contributed by atoms with Crippen LogP contribution in [0.25, 0.3) is 0 Å². The number of aliphatic carboxylic acids is 1. The number of carbonyl (C=O) groups excluding carboxylic acids is 2. The first-order valence-electron chi connectivity index (χ1n) is 6.14. The zero-order chi connectivity index (χ0) is 15.6. The van der Waals surface area contributed by atoms with Gasteiger partial charge in [-0.25, -0.2) is 13.6 Å². The minimum absolute atomic E-state index is 0.0729. The first kappa shape index (κ1) is 14.9. The van der Waals surface area contributed by atoms with E-state index in [0.717, 1.165) is 9.47 Å². The summed E-state index contributed by atoms with van der Waals surface area (Å²) in [7, 11) is 0. The molecule has 9 heteroatoms. The number of nitrogens with one attached hydrogen (secondary N) is 1. The second-order valence-corrected chi connectivity index (χ2v) is 4.53. The smallest absolute Gasteiger partial charge is 0.328 e. The number of carboxylic acid groups (broad SMARTS) is 1. The Hall–Kier alpha value is -2.45. The summed E-state index contributed by atoms with van der Waals surface area (Å²) in [5, 5.41) is 11.4. The van der Waals surface area contributed by atoms with E-state index in [2.05, 4.69) is 5.32 Å². The highest BCUT2D eigenvalue weighted by Gasteiger charge is 2.36. The lowest BCUT2D eigenvalue weighted by atomic mass is 10.1. The summed E-state index contributed by atoms with van der Waals surface area (Å²) in [5.41, 5.74) is -0.0729. The fraction of sp³-hybridized carbons (Fsp3) is 0.417. The molecule has 1 aliphatic heterocycles. The van der Waals surface area contributed by atoms with Crippen LogP contribution in [-0.4, -0.2) is 57.9 Å². The van der Waals surface area contributed by atoms with Crippen molar-refractivity contribution in [3.63, 3.8) is 0 Å². The number of alkyl halides is 2. The fourth-order valence-electron chi connectivity index (χ4n) is 2.14. The summed E-state index contributed by atoms with van der Waals surface area (Å²) in [5.74, 6) is -2.52. The average Bonchev–Trinajstić information content (AvgIpc) is 2.84. The SMILES string of the molecule is O=C1CN(C(=O)c2cccn2CC(F)F)C(C(=O)O)CN1. The van der Waals surface area contributed by atoms with E-state index in [9.17, 15) is 23.2 Å². The van der Waals surface area contributed by atoms with Gasteiger partial charge in [0.25, 0.3) is 12.3 Å². The van der Waals surface area contributed by atoms with Crippen molar-refractivity contribution in [1.29, 1.82) is 0 Å². The molecule has 1 atom stereocenters. The second-order valence-electron chi connectivity index (χ2n) is 4.53. The highest BCUT2D eigenvalue weighted by atomic mass is 19.3. The van der Waals surface area contributed by atoms with Gasteiger partial charge in [0.15, 0.2) is 0 Å². The minimum atomic E-state index is -2.65. The second kappa shape index (κ2) is 5.90. The van der Waals surface area contributed by atoms with Gasteiger partial charge >= 0.3 is 5.97 Å². The highest BCUT2D eigenvalue weighted by Crippen LogP contribution is 2.14. The molecule has 2 N–H and O–H groups in total. The Morgan fingerprint density at radius 2 is 2.19 bits per heavy atom. The van der Waals surface area contributed by atoms with Crippen molar-refractivity contribution in [2.45, 2.75) is 19.0 Å². The van der Waals surface area contributed by atoms with Crippen LogP contribution in [-0.2, 0) is 16.1 Å². The summed E-state index contributed by atoms with van der Waals surface area (Å²) in [6, 6.07) is 1.51. The zero-order valence-electron chi connectivity index (χ0n) is 10.8. The lowest BCUT2D eigenvalue weighted by molar-refractivity contribution is -0.144. The van der Waals surface area contributed by atoms with Gasteiger partial charge in [-0.15, -0.1) is 0 Å². The van der Waals surface area contributed by atoms with Gasteiger partial charge in [-0.3, -0.25) is 9.59 Å². The van der Waals surface area contributed by atoms with Gasteiger partial charge in [-0.2, -0.15) is 0 Å². The van der Waals surface area contributed by atoms with E-state index in [1.165, 1.54) is 18.3 Å². The van der Waals surface area contributed by atoms with Gasteiger partial charge in [0.1, 0.15) is 18.3 Å². The van der Waals surface area contributed by atoms with Crippen LogP contribution in [0.3, 0.4) is 0 Å². The van der Waals surface area contributed by atoms with Crippen LogP contribution >= 0.6 is 0 Å². The number of hydrogen-bond acceptors (Lipinski definition) is 3. The molecule has 2 heterocycles. The molecule has 0 spiro atoms. The summed E-state index contributed by atoms with van der Waals surface area (Å²) in [6.07, 6.45) is -1.34. The Morgan fingerprint density at radius 3 is 2.81 bits per heavy atom. The summed E-state index contributed by atoms with van der Waals surface area (Å²) in [6.45, 7) is -1.31. The topological polar surface area (TPSA) is 91.6 Å². The van der Waals surface area contributed by atoms with Crippen molar-refractivity contribution in [2.24, 2.45) is 0 Å². The Morgan fingerprint density at radius 1 is 1.48 bits per heavy atom. The predicted molar refractivity (Wildman–Crippen MR) is 65.9 cm³/mol. The van der Waals surface area contributed by atoms with Crippen molar-refractivity contribution < 1.29 is 28.3 Å². The van der Waals surface area contributed by atoms with E-state index >= 15 is 0 Å². The number of carboxylic acids is 1. The van der Waals surface area contributed by atoms with Crippen LogP contribution in [0.4, 0.5) is 8.78 Å². The standard InChI is InChI=1S/C12H13F2N3O4/c13-9(14)5-16-3-1-2-7(16)11(19)17-6-10(18)15-4-8(17)12(20)21/h1-3,8-9H,4-6H2,(H,15,18)(H,20,21). The van der Waals surface area contributed by atoms with Crippen molar-refractivity contribution in [1.82, 2.24) is 14.8 Å². The molecule has 1 saturated heterocycles. The largest absolute Gasteiger partial charge is 0.480 e. The third kappa shape index (κ3) is 3.18. The Labute approximate surface area is 118 Å². The maximum atomic E-state index is 12.4. The number of halogens is 2. The average molecular weight is 301 g/mol. The first-order valence-corrected chi connectivity index (χ1v) is 6.14. The number of amides is 2. The summed E-state index contributed by atoms with van der Waals surface area (Å²) < 4.78 is 25.9. The maximum absolute atomic E-state index is 12.4. The molecule has 114 valence electrons. The van der Waals surface area contributed by atoms with Gasteiger partial charge in [0, 0.05) is 12.7 Å². The van der Waals surface area contributed by atoms with Gasteiger partial charge in [-0.1, -0.05) is 0 Å². The van der Waals surface area contributed by atoms with Crippen molar-refractivity contribution in [3.05, 3.63) is 24.0 Å². The molecule has 0 aliphatic carbocycles. The van der Waals surface area contributed by atoms with E-state index in [4.69, 9.17) is 5.11 Å². The molecular weight excluding hydrogens is 288 g/mol. The zero-order valence-corrected chi connectivity index (χ0v) is 10.8. The normalized spacial score (nSPS) is 18.7. The molecule has 7 nitrogen and oxygen atoms in total. The van der Waals surface area contributed by atoms with Gasteiger partial charge in [0.2, 0.25) is 5.91 Å². The molecule has 1 aliphatic rings. The Bertz CT molecular complexity index is 573. The van der Waals surface area contributed by atoms with Crippen molar-refractivity contribution in [3.8, 4) is 0 Å². The molecule has 1 aromatic heterocycles. The fourth-order valence-corrected chi connectivity index (χ4v) is 2.14. The number of carbonyl (C=O) groups is 3. The van der Waals surface area contributed by atoms with E-state index in [1.807, 2.05) is 0 Å². The van der Waals surface area contributed by atoms with Crippen LogP contribution in [0, 0.1) is 0 Å².